The first-order chi connectivity index (χ1) is 6.50. The predicted molar refractivity (Wildman–Crippen MR) is 58.1 cm³/mol. The molecule has 76 valence electrons. The minimum Gasteiger partial charge on any atom is -0.370 e. The highest BCUT2D eigenvalue weighted by Crippen LogP contribution is 2.22. The van der Waals surface area contributed by atoms with E-state index in [-0.39, 0.29) is 11.8 Å². The smallest absolute Gasteiger partial charge is 0.218 e. The highest BCUT2D eigenvalue weighted by Gasteiger charge is 2.10. The number of amides is 1. The van der Waals surface area contributed by atoms with Crippen LogP contribution >= 0.6 is 0 Å². The van der Waals surface area contributed by atoms with E-state index in [1.54, 1.807) is 0 Å². The van der Waals surface area contributed by atoms with Crippen molar-refractivity contribution in [2.75, 3.05) is 0 Å². The third kappa shape index (κ3) is 2.59. The van der Waals surface area contributed by atoms with Gasteiger partial charge in [0.25, 0.3) is 0 Å². The Morgan fingerprint density at radius 2 is 2.07 bits per heavy atom. The quantitative estimate of drug-likeness (QED) is 0.782. The van der Waals surface area contributed by atoms with E-state index in [9.17, 15) is 4.79 Å². The van der Waals surface area contributed by atoms with Crippen molar-refractivity contribution >= 4 is 5.91 Å². The van der Waals surface area contributed by atoms with Crippen molar-refractivity contribution in [2.45, 2.75) is 33.1 Å². The molecule has 0 radical (unpaired) electrons. The summed E-state index contributed by atoms with van der Waals surface area (Å²) in [5, 5.41) is 0. The van der Waals surface area contributed by atoms with Gasteiger partial charge in [0.05, 0.1) is 0 Å². The van der Waals surface area contributed by atoms with Crippen molar-refractivity contribution in [2.24, 2.45) is 5.73 Å². The molecule has 0 aliphatic rings. The normalized spacial score (nSPS) is 12.5. The molecule has 1 amide bonds. The van der Waals surface area contributed by atoms with Crippen LogP contribution in [-0.4, -0.2) is 5.91 Å². The molecule has 1 aromatic rings. The summed E-state index contributed by atoms with van der Waals surface area (Å²) in [6.45, 7) is 6.16. The van der Waals surface area contributed by atoms with Gasteiger partial charge in [-0.2, -0.15) is 0 Å². The summed E-state index contributed by atoms with van der Waals surface area (Å²) in [6.07, 6.45) is 0.421. The van der Waals surface area contributed by atoms with Crippen LogP contribution in [0.5, 0.6) is 0 Å². The molecule has 1 aromatic carbocycles. The number of hydrogen-bond acceptors (Lipinski definition) is 1. The average Bonchev–Trinajstić information content (AvgIpc) is 2.01. The lowest BCUT2D eigenvalue weighted by Crippen LogP contribution is -2.14. The highest BCUT2D eigenvalue weighted by molar-refractivity contribution is 5.74. The van der Waals surface area contributed by atoms with Gasteiger partial charge in [-0.05, 0) is 30.9 Å². The number of hydrogen-bond donors (Lipinski definition) is 1. The number of benzene rings is 1. The summed E-state index contributed by atoms with van der Waals surface area (Å²) >= 11 is 0. The number of nitrogens with two attached hydrogens (primary N) is 1. The molecule has 1 atom stereocenters. The zero-order chi connectivity index (χ0) is 10.7. The van der Waals surface area contributed by atoms with Crippen LogP contribution in [0.15, 0.2) is 18.2 Å². The molecule has 0 spiro atoms. The molecule has 14 heavy (non-hydrogen) atoms. The summed E-state index contributed by atoms with van der Waals surface area (Å²) in [7, 11) is 0. The van der Waals surface area contributed by atoms with Crippen LogP contribution in [0.4, 0.5) is 0 Å². The third-order valence-corrected chi connectivity index (χ3v) is 2.46. The van der Waals surface area contributed by atoms with Crippen molar-refractivity contribution in [3.8, 4) is 0 Å². The molecule has 0 aromatic heterocycles. The first kappa shape index (κ1) is 10.8. The van der Waals surface area contributed by atoms with Crippen LogP contribution in [-0.2, 0) is 4.79 Å². The fourth-order valence-corrected chi connectivity index (χ4v) is 1.79. The number of primary amides is 1. The summed E-state index contributed by atoms with van der Waals surface area (Å²) in [5.74, 6) is -0.0226. The van der Waals surface area contributed by atoms with Crippen LogP contribution in [0.25, 0.3) is 0 Å². The Bertz CT molecular complexity index is 344. The van der Waals surface area contributed by atoms with E-state index in [1.165, 1.54) is 16.7 Å². The van der Waals surface area contributed by atoms with Gasteiger partial charge in [0.15, 0.2) is 0 Å². The van der Waals surface area contributed by atoms with Crippen molar-refractivity contribution < 1.29 is 4.79 Å². The molecule has 0 bridgehead atoms. The second-order valence-corrected chi connectivity index (χ2v) is 3.93. The average molecular weight is 191 g/mol. The first-order valence-corrected chi connectivity index (χ1v) is 4.86. The molecule has 0 aliphatic carbocycles. The summed E-state index contributed by atoms with van der Waals surface area (Å²) in [5.41, 5.74) is 8.87. The van der Waals surface area contributed by atoms with E-state index in [2.05, 4.69) is 32.0 Å². The van der Waals surface area contributed by atoms with Gasteiger partial charge >= 0.3 is 0 Å². The molecule has 0 aliphatic heterocycles. The van der Waals surface area contributed by atoms with Gasteiger partial charge in [-0.1, -0.05) is 30.7 Å². The standard InChI is InChI=1S/C12H17NO/c1-8-4-5-11(9(2)6-8)10(3)7-12(13)14/h4-6,10H,7H2,1-3H3,(H2,13,14). The van der Waals surface area contributed by atoms with E-state index in [0.29, 0.717) is 6.42 Å². The van der Waals surface area contributed by atoms with Crippen molar-refractivity contribution in [1.82, 2.24) is 0 Å². The summed E-state index contributed by atoms with van der Waals surface area (Å²) < 4.78 is 0. The Kier molecular flexibility index (Phi) is 3.28. The fourth-order valence-electron chi connectivity index (χ4n) is 1.79. The Hall–Kier alpha value is -1.31. The molecule has 0 saturated carbocycles. The number of aryl methyl sites for hydroxylation is 2. The highest BCUT2D eigenvalue weighted by atomic mass is 16.1. The lowest BCUT2D eigenvalue weighted by Gasteiger charge is -2.13. The fraction of sp³-hybridized carbons (Fsp3) is 0.417. The van der Waals surface area contributed by atoms with Crippen LogP contribution in [0, 0.1) is 13.8 Å². The Morgan fingerprint density at radius 3 is 2.57 bits per heavy atom. The SMILES string of the molecule is Cc1ccc(C(C)CC(N)=O)c(C)c1. The van der Waals surface area contributed by atoms with Gasteiger partial charge < -0.3 is 5.73 Å². The Labute approximate surface area is 85.1 Å². The molecule has 0 heterocycles. The minimum absolute atomic E-state index is 0.216. The van der Waals surface area contributed by atoms with E-state index in [4.69, 9.17) is 5.73 Å². The van der Waals surface area contributed by atoms with Crippen molar-refractivity contribution in [3.63, 3.8) is 0 Å². The van der Waals surface area contributed by atoms with Crippen LogP contribution in [0.3, 0.4) is 0 Å². The van der Waals surface area contributed by atoms with Crippen molar-refractivity contribution in [1.29, 1.82) is 0 Å². The summed E-state index contributed by atoms with van der Waals surface area (Å²) in [6, 6.07) is 6.28. The van der Waals surface area contributed by atoms with E-state index in [1.807, 2.05) is 6.92 Å². The zero-order valence-corrected chi connectivity index (χ0v) is 9.00. The Balaban J connectivity index is 2.90. The maximum atomic E-state index is 10.8. The maximum absolute atomic E-state index is 10.8. The van der Waals surface area contributed by atoms with Gasteiger partial charge in [0, 0.05) is 6.42 Å². The zero-order valence-electron chi connectivity index (χ0n) is 9.00. The molecule has 1 rings (SSSR count). The van der Waals surface area contributed by atoms with E-state index < -0.39 is 0 Å². The van der Waals surface area contributed by atoms with Gasteiger partial charge in [-0.25, -0.2) is 0 Å². The molecule has 0 fully saturated rings. The number of carbonyl (C=O) groups is 1. The van der Waals surface area contributed by atoms with E-state index >= 15 is 0 Å². The third-order valence-electron chi connectivity index (χ3n) is 2.46. The topological polar surface area (TPSA) is 43.1 Å². The van der Waals surface area contributed by atoms with Gasteiger partial charge in [0.2, 0.25) is 5.91 Å². The Morgan fingerprint density at radius 1 is 1.43 bits per heavy atom. The van der Waals surface area contributed by atoms with E-state index in [0.717, 1.165) is 0 Å². The molecule has 1 unspecified atom stereocenters. The lowest BCUT2D eigenvalue weighted by atomic mass is 9.92. The van der Waals surface area contributed by atoms with Crippen LogP contribution < -0.4 is 5.73 Å². The van der Waals surface area contributed by atoms with Gasteiger partial charge in [-0.3, -0.25) is 4.79 Å². The van der Waals surface area contributed by atoms with Crippen LogP contribution in [0.2, 0.25) is 0 Å². The largest absolute Gasteiger partial charge is 0.370 e. The second kappa shape index (κ2) is 4.27. The summed E-state index contributed by atoms with van der Waals surface area (Å²) in [4.78, 5) is 10.8. The first-order valence-electron chi connectivity index (χ1n) is 4.86. The molecular formula is C12H17NO. The predicted octanol–water partition coefficient (Wildman–Crippen LogP) is 2.28. The molecule has 2 heteroatoms. The van der Waals surface area contributed by atoms with Gasteiger partial charge in [0.1, 0.15) is 0 Å². The molecule has 2 N–H and O–H groups in total. The van der Waals surface area contributed by atoms with Gasteiger partial charge in [-0.15, -0.1) is 0 Å². The lowest BCUT2D eigenvalue weighted by molar-refractivity contribution is -0.118. The molecule has 2 nitrogen and oxygen atoms in total. The monoisotopic (exact) mass is 191 g/mol. The number of carbonyl (C=O) groups excluding carboxylic acids is 1. The van der Waals surface area contributed by atoms with Crippen LogP contribution in [0.1, 0.15) is 36.0 Å². The molecule has 0 saturated heterocycles. The minimum atomic E-state index is -0.238. The molecular weight excluding hydrogens is 174 g/mol. The van der Waals surface area contributed by atoms with Crippen molar-refractivity contribution in [3.05, 3.63) is 34.9 Å². The number of rotatable bonds is 3. The second-order valence-electron chi connectivity index (χ2n) is 3.93. The maximum Gasteiger partial charge on any atom is 0.218 e.